The molecule has 3 rings (SSSR count). The molecule has 1 heterocycles. The summed E-state index contributed by atoms with van der Waals surface area (Å²) >= 11 is 0. The summed E-state index contributed by atoms with van der Waals surface area (Å²) in [4.78, 5) is 10.7. The topological polar surface area (TPSA) is 99.5 Å². The number of nitrogens with one attached hydrogen (secondary N) is 1. The van der Waals surface area contributed by atoms with Gasteiger partial charge in [-0.3, -0.25) is 4.79 Å². The molecule has 33 heavy (non-hydrogen) atoms. The summed E-state index contributed by atoms with van der Waals surface area (Å²) in [7, 11) is -4.33. The number of hydrogen-bond acceptors (Lipinski definition) is 6. The van der Waals surface area contributed by atoms with Crippen LogP contribution in [-0.2, 0) is 32.2 Å². The van der Waals surface area contributed by atoms with E-state index < -0.39 is 51.0 Å². The van der Waals surface area contributed by atoms with Crippen molar-refractivity contribution in [3.8, 4) is 5.75 Å². The summed E-state index contributed by atoms with van der Waals surface area (Å²) in [5.74, 6) is -0.670. The van der Waals surface area contributed by atoms with Gasteiger partial charge < -0.3 is 9.47 Å². The minimum atomic E-state index is -4.74. The van der Waals surface area contributed by atoms with Crippen LogP contribution in [0.4, 0.5) is 13.2 Å². The Balaban J connectivity index is 1.94. The van der Waals surface area contributed by atoms with Gasteiger partial charge in [0, 0.05) is 24.2 Å². The van der Waals surface area contributed by atoms with Crippen molar-refractivity contribution in [2.45, 2.75) is 76.4 Å². The average Bonchev–Trinajstić information content (AvgIpc) is 3.11. The second-order valence-electron chi connectivity index (χ2n) is 8.12. The molecule has 0 bridgehead atoms. The number of sulfonamides is 1. The molecule has 2 aromatic rings. The maximum absolute atomic E-state index is 13.4. The van der Waals surface area contributed by atoms with E-state index in [1.54, 1.807) is 20.8 Å². The second-order valence-corrected chi connectivity index (χ2v) is 9.84. The largest absolute Gasteiger partial charge is 0.491 e. The predicted octanol–water partition coefficient (Wildman–Crippen LogP) is 4.13. The maximum atomic E-state index is 13.4. The number of alkyl halides is 3. The average molecular weight is 490 g/mol. The van der Waals surface area contributed by atoms with Crippen LogP contribution in [-0.4, -0.2) is 30.3 Å². The smallest absolute Gasteiger partial charge is 0.416 e. The summed E-state index contributed by atoms with van der Waals surface area (Å²) in [5.41, 5.74) is 0.179. The van der Waals surface area contributed by atoms with E-state index in [1.165, 1.54) is 17.8 Å². The highest BCUT2D eigenvalue weighted by Gasteiger charge is 2.35. The van der Waals surface area contributed by atoms with Crippen LogP contribution in [0.2, 0.25) is 0 Å². The monoisotopic (exact) mass is 489 g/mol. The van der Waals surface area contributed by atoms with Crippen molar-refractivity contribution in [3.63, 3.8) is 0 Å². The number of halogens is 3. The zero-order valence-electron chi connectivity index (χ0n) is 18.6. The molecule has 0 saturated carbocycles. The minimum absolute atomic E-state index is 0.187. The van der Waals surface area contributed by atoms with E-state index in [-0.39, 0.29) is 5.75 Å². The summed E-state index contributed by atoms with van der Waals surface area (Å²) in [6, 6.07) is 1.75. The van der Waals surface area contributed by atoms with E-state index in [1.807, 2.05) is 0 Å². The number of rotatable bonds is 7. The first-order chi connectivity index (χ1) is 15.3. The highest BCUT2D eigenvalue weighted by Crippen LogP contribution is 2.36. The Hall–Kier alpha value is -2.60. The van der Waals surface area contributed by atoms with Crippen molar-refractivity contribution in [1.29, 1.82) is 0 Å². The van der Waals surface area contributed by atoms with Crippen LogP contribution >= 0.6 is 0 Å². The lowest BCUT2D eigenvalue weighted by molar-refractivity contribution is -0.150. The molecule has 182 valence electrons. The number of ether oxygens (including phenoxy) is 2. The zero-order valence-corrected chi connectivity index (χ0v) is 19.5. The third kappa shape index (κ3) is 5.85. The first kappa shape index (κ1) is 25.0. The Morgan fingerprint density at radius 1 is 1.24 bits per heavy atom. The maximum Gasteiger partial charge on any atom is 0.416 e. The molecule has 1 aromatic carbocycles. The lowest BCUT2D eigenvalue weighted by Gasteiger charge is -2.25. The molecule has 2 unspecified atom stereocenters. The van der Waals surface area contributed by atoms with E-state index in [0.717, 1.165) is 12.1 Å². The molecule has 0 spiro atoms. The first-order valence-corrected chi connectivity index (χ1v) is 11.9. The van der Waals surface area contributed by atoms with Crippen LogP contribution in [0.3, 0.4) is 0 Å². The van der Waals surface area contributed by atoms with Crippen molar-refractivity contribution in [2.24, 2.45) is 0 Å². The van der Waals surface area contributed by atoms with Crippen molar-refractivity contribution < 1.29 is 35.9 Å². The van der Waals surface area contributed by atoms with Gasteiger partial charge in [-0.15, -0.1) is 0 Å². The third-order valence-corrected chi connectivity index (χ3v) is 6.53. The normalized spacial score (nSPS) is 17.5. The number of benzene rings is 1. The fraction of sp³-hybridized carbons (Fsp3) is 0.524. The summed E-state index contributed by atoms with van der Waals surface area (Å²) in [5, 5.41) is 4.23. The fourth-order valence-electron chi connectivity index (χ4n) is 3.79. The second kappa shape index (κ2) is 9.34. The van der Waals surface area contributed by atoms with Crippen LogP contribution in [0.1, 0.15) is 69.6 Å². The van der Waals surface area contributed by atoms with Crippen molar-refractivity contribution >= 4 is 16.0 Å². The van der Waals surface area contributed by atoms with Crippen LogP contribution in [0.5, 0.6) is 5.75 Å². The lowest BCUT2D eigenvalue weighted by atomic mass is 9.94. The Bertz CT molecular complexity index is 1130. The highest BCUT2D eigenvalue weighted by molar-refractivity contribution is 7.89. The van der Waals surface area contributed by atoms with E-state index >= 15 is 0 Å². The van der Waals surface area contributed by atoms with Gasteiger partial charge in [0.2, 0.25) is 10.0 Å². The fourth-order valence-corrected chi connectivity index (χ4v) is 5.10. The summed E-state index contributed by atoms with van der Waals surface area (Å²) < 4.78 is 80.8. The van der Waals surface area contributed by atoms with Gasteiger partial charge in [-0.1, -0.05) is 0 Å². The molecule has 0 fully saturated rings. The highest BCUT2D eigenvalue weighted by atomic mass is 32.2. The van der Waals surface area contributed by atoms with Crippen LogP contribution in [0.15, 0.2) is 29.3 Å². The van der Waals surface area contributed by atoms with Gasteiger partial charge in [0.1, 0.15) is 5.75 Å². The number of carbonyl (C=O) groups is 1. The predicted molar refractivity (Wildman–Crippen MR) is 112 cm³/mol. The van der Waals surface area contributed by atoms with Crippen LogP contribution in [0.25, 0.3) is 0 Å². The molecule has 0 saturated heterocycles. The molecule has 0 aliphatic heterocycles. The number of aromatic nitrogens is 2. The number of hydrogen-bond donors (Lipinski definition) is 1. The van der Waals surface area contributed by atoms with Gasteiger partial charge in [-0.05, 0) is 52.2 Å². The SMILES string of the molecule is CC(=O)OC(C)n1ncc2c1CCCC2NS(=O)(=O)c1cc(OC(C)C)cc(C(F)(F)F)c1. The van der Waals surface area contributed by atoms with Gasteiger partial charge in [-0.2, -0.15) is 18.3 Å². The molecule has 12 heteroatoms. The van der Waals surface area contributed by atoms with Gasteiger partial charge in [-0.25, -0.2) is 17.8 Å². The number of fused-ring (bicyclic) bond motifs is 1. The van der Waals surface area contributed by atoms with Gasteiger partial charge in [0.25, 0.3) is 0 Å². The summed E-state index contributed by atoms with van der Waals surface area (Å²) in [6.07, 6.45) is -2.73. The first-order valence-electron chi connectivity index (χ1n) is 10.4. The number of nitrogens with zero attached hydrogens (tertiary/aromatic N) is 2. The standard InChI is InChI=1S/C21H26F3N3O5S/c1-12(2)31-16-8-15(21(22,23)24)9-17(10-16)33(29,30)26-19-6-5-7-20-18(19)11-25-27(20)13(3)32-14(4)28/h8-13,19,26H,5-7H2,1-4H3. The molecular weight excluding hydrogens is 463 g/mol. The Kier molecular flexibility index (Phi) is 7.08. The third-order valence-electron chi connectivity index (χ3n) is 5.08. The van der Waals surface area contributed by atoms with Gasteiger partial charge in [0.15, 0.2) is 6.23 Å². The summed E-state index contributed by atoms with van der Waals surface area (Å²) in [6.45, 7) is 6.17. The Morgan fingerprint density at radius 2 is 1.94 bits per heavy atom. The molecule has 0 radical (unpaired) electrons. The van der Waals surface area contributed by atoms with Crippen LogP contribution < -0.4 is 9.46 Å². The Labute approximate surface area is 190 Å². The van der Waals surface area contributed by atoms with E-state index in [0.29, 0.717) is 36.6 Å². The molecule has 2 atom stereocenters. The van der Waals surface area contributed by atoms with Gasteiger partial charge in [0.05, 0.1) is 28.8 Å². The molecule has 1 aliphatic rings. The zero-order chi connectivity index (χ0) is 24.6. The van der Waals surface area contributed by atoms with Crippen molar-refractivity contribution in [2.75, 3.05) is 0 Å². The number of carbonyl (C=O) groups excluding carboxylic acids is 1. The van der Waals surface area contributed by atoms with Crippen molar-refractivity contribution in [1.82, 2.24) is 14.5 Å². The number of esters is 1. The molecule has 1 aromatic heterocycles. The van der Waals surface area contributed by atoms with E-state index in [2.05, 4.69) is 9.82 Å². The molecule has 1 aliphatic carbocycles. The van der Waals surface area contributed by atoms with E-state index in [9.17, 15) is 26.4 Å². The lowest BCUT2D eigenvalue weighted by Crippen LogP contribution is -2.31. The van der Waals surface area contributed by atoms with E-state index in [4.69, 9.17) is 9.47 Å². The molecule has 1 N–H and O–H groups in total. The van der Waals surface area contributed by atoms with Crippen LogP contribution in [0, 0.1) is 0 Å². The Morgan fingerprint density at radius 3 is 2.55 bits per heavy atom. The quantitative estimate of drug-likeness (QED) is 0.588. The van der Waals surface area contributed by atoms with Gasteiger partial charge >= 0.3 is 12.1 Å². The minimum Gasteiger partial charge on any atom is -0.491 e. The molecule has 8 nitrogen and oxygen atoms in total. The van der Waals surface area contributed by atoms with Crippen molar-refractivity contribution in [3.05, 3.63) is 41.2 Å². The molecular formula is C21H26F3N3O5S. The molecule has 0 amide bonds.